The number of nitrogens with zero attached hydrogens (tertiary/aromatic N) is 8. The lowest BCUT2D eigenvalue weighted by Crippen LogP contribution is -2.60. The van der Waals surface area contributed by atoms with Crippen molar-refractivity contribution in [3.63, 3.8) is 0 Å². The van der Waals surface area contributed by atoms with E-state index in [-0.39, 0.29) is 53.4 Å². The van der Waals surface area contributed by atoms with Gasteiger partial charge < -0.3 is 53.8 Å². The van der Waals surface area contributed by atoms with Gasteiger partial charge in [-0.3, -0.25) is 24.7 Å². The number of aromatic amines is 1. The second kappa shape index (κ2) is 24.2. The summed E-state index contributed by atoms with van der Waals surface area (Å²) in [4.78, 5) is 51.6. The molecule has 23 heteroatoms. The largest absolute Gasteiger partial charge is 0.493 e. The van der Waals surface area contributed by atoms with Crippen LogP contribution in [0.5, 0.6) is 17.4 Å². The number of fused-ring (bicyclic) bond motifs is 4. The minimum atomic E-state index is -4.66. The van der Waals surface area contributed by atoms with Crippen molar-refractivity contribution < 1.29 is 46.9 Å². The molecule has 472 valence electrons. The van der Waals surface area contributed by atoms with Gasteiger partial charge in [0.1, 0.15) is 40.4 Å². The second-order valence-electron chi connectivity index (χ2n) is 26.4. The Balaban J connectivity index is 0.715. The molecule has 0 radical (unpaired) electrons. The number of carbonyl (C=O) groups is 1. The first-order chi connectivity index (χ1) is 43.0. The van der Waals surface area contributed by atoms with Crippen molar-refractivity contribution in [3.05, 3.63) is 118 Å². The molecule has 22 nitrogen and oxygen atoms in total. The molecular formula is C66H81N11O11S. The van der Waals surface area contributed by atoms with Crippen molar-refractivity contribution in [1.29, 1.82) is 0 Å². The monoisotopic (exact) mass is 1240 g/mol. The number of morpholine rings is 1. The molecule has 8 aliphatic rings. The third kappa shape index (κ3) is 11.9. The van der Waals surface area contributed by atoms with Crippen LogP contribution < -0.4 is 38.9 Å². The lowest BCUT2D eigenvalue weighted by Gasteiger charge is -2.58. The number of carbonyl (C=O) groups excluding carboxylic acids is 1. The summed E-state index contributed by atoms with van der Waals surface area (Å²) >= 11 is 0. The van der Waals surface area contributed by atoms with Gasteiger partial charge in [-0.25, -0.2) is 18.1 Å². The number of piperazine rings is 1. The maximum absolute atomic E-state index is 14.9. The van der Waals surface area contributed by atoms with E-state index in [4.69, 9.17) is 33.7 Å². The number of nitro groups is 1. The highest BCUT2D eigenvalue weighted by Crippen LogP contribution is 2.55. The lowest BCUT2D eigenvalue weighted by atomic mass is 9.59. The number of hydrogen-bond donors (Lipinski definition) is 4. The number of nitro benzene ring substituents is 1. The SMILES string of the molecule is CC(C)Oc1ccccc1[C@H]1CN([C@@H]2CCOc3cc(N4CCOCC4)ncc32)CCN1C1CC2(CCN(c3ccc(C(=O)NS(=O)(=O)c4ccc(NCC5CCC(C)(O)CC5)c([N+](=O)[O-])c4)c(N4c5cc6cc[nH]c6nc5O[C@H]5COCC[C@@H]54)c3)CC2)C1. The number of H-pyrrole nitrogens is 1. The van der Waals surface area contributed by atoms with Crippen molar-refractivity contribution in [2.24, 2.45) is 11.3 Å². The van der Waals surface area contributed by atoms with Crippen molar-refractivity contribution in [3.8, 4) is 17.4 Å². The fraction of sp³-hybridized carbons (Fsp3) is 0.530. The molecule has 1 spiro atoms. The summed E-state index contributed by atoms with van der Waals surface area (Å²) in [6.07, 6.45) is 11.8. The minimum absolute atomic E-state index is 0.0240. The first kappa shape index (κ1) is 59.3. The van der Waals surface area contributed by atoms with Gasteiger partial charge in [-0.15, -0.1) is 0 Å². The van der Waals surface area contributed by atoms with Crippen LogP contribution >= 0.6 is 0 Å². The van der Waals surface area contributed by atoms with E-state index in [9.17, 15) is 28.4 Å². The van der Waals surface area contributed by atoms with E-state index in [1.807, 2.05) is 37.4 Å². The third-order valence-electron chi connectivity index (χ3n) is 20.3. The van der Waals surface area contributed by atoms with E-state index in [2.05, 4.69) is 89.9 Å². The highest BCUT2D eigenvalue weighted by Gasteiger charge is 2.51. The molecule has 14 rings (SSSR count). The van der Waals surface area contributed by atoms with Gasteiger partial charge in [0, 0.05) is 124 Å². The van der Waals surface area contributed by atoms with Crippen molar-refractivity contribution in [1.82, 2.24) is 29.5 Å². The molecule has 9 heterocycles. The maximum atomic E-state index is 14.9. The van der Waals surface area contributed by atoms with Crippen molar-refractivity contribution in [2.45, 2.75) is 132 Å². The van der Waals surface area contributed by atoms with Gasteiger partial charge in [-0.1, -0.05) is 18.2 Å². The maximum Gasteiger partial charge on any atom is 0.293 e. The Morgan fingerprint density at radius 2 is 1.67 bits per heavy atom. The molecule has 89 heavy (non-hydrogen) atoms. The van der Waals surface area contributed by atoms with Crippen LogP contribution in [0.3, 0.4) is 0 Å². The number of rotatable bonds is 15. The average Bonchev–Trinajstić information content (AvgIpc) is 1.47. The van der Waals surface area contributed by atoms with Crippen LogP contribution in [0.15, 0.2) is 96.2 Å². The van der Waals surface area contributed by atoms with Crippen LogP contribution in [0.1, 0.15) is 119 Å². The molecule has 1 amide bonds. The first-order valence-corrected chi connectivity index (χ1v) is 33.5. The molecule has 0 unspecified atom stereocenters. The fourth-order valence-electron chi connectivity index (χ4n) is 15.4. The zero-order valence-electron chi connectivity index (χ0n) is 51.0. The van der Waals surface area contributed by atoms with Gasteiger partial charge in [-0.05, 0) is 138 Å². The molecule has 2 saturated carbocycles. The Kier molecular flexibility index (Phi) is 16.1. The molecule has 6 fully saturated rings. The number of aromatic nitrogens is 3. The summed E-state index contributed by atoms with van der Waals surface area (Å²) in [6.45, 7) is 15.1. The predicted octanol–water partition coefficient (Wildman–Crippen LogP) is 9.28. The normalized spacial score (nSPS) is 25.7. The predicted molar refractivity (Wildman–Crippen MR) is 337 cm³/mol. The zero-order chi connectivity index (χ0) is 61.2. The molecule has 4 N–H and O–H groups in total. The summed E-state index contributed by atoms with van der Waals surface area (Å²) in [5.41, 5.74) is 4.30. The quantitative estimate of drug-likeness (QED) is 0.0553. The number of nitrogens with one attached hydrogen (secondary N) is 3. The Labute approximate surface area is 519 Å². The van der Waals surface area contributed by atoms with Gasteiger partial charge in [-0.2, -0.15) is 4.98 Å². The van der Waals surface area contributed by atoms with Crippen LogP contribution in [0.2, 0.25) is 0 Å². The lowest BCUT2D eigenvalue weighted by molar-refractivity contribution is -0.384. The van der Waals surface area contributed by atoms with Crippen molar-refractivity contribution >= 4 is 61.2 Å². The first-order valence-electron chi connectivity index (χ1n) is 32.0. The van der Waals surface area contributed by atoms with Gasteiger partial charge >= 0.3 is 0 Å². The Bertz CT molecular complexity index is 3720. The van der Waals surface area contributed by atoms with Crippen LogP contribution in [0.25, 0.3) is 11.0 Å². The number of pyridine rings is 2. The molecule has 3 aromatic heterocycles. The number of para-hydroxylation sites is 1. The standard InChI is InChI=1S/C66H81N11O11S/c1-42(2)87-58-7-5-4-6-48(58)57-40-74(52-16-29-86-59-35-61(69-39-50(52)59)73-26-30-84-31-27-73)24-25-75(57)46-36-66(37-46)19-22-72(23-20-66)45-8-10-49(54(33-45)76-53-15-28-85-41-60(53)88-64-56(76)32-44-14-21-67-62(44)70-64)63(78)71-89(82,83)47-9-11-51(55(34-47)77(80)81)68-38-43-12-17-65(3,79)18-13-43/h4-11,14,21,32-35,39,42-43,46,52-53,57,60,68,79H,12-13,15-20,22-31,36-38,40-41H2,1-3H3,(H,67,70)(H,71,78)/t43?,52-,53+,57-,60+,65?/m1/s1. The van der Waals surface area contributed by atoms with Crippen LogP contribution in [0.4, 0.5) is 34.3 Å². The molecular weight excluding hydrogens is 1150 g/mol. The van der Waals surface area contributed by atoms with E-state index < -0.39 is 43.1 Å². The Hall–Kier alpha value is -7.28. The topological polar surface area (TPSA) is 243 Å². The summed E-state index contributed by atoms with van der Waals surface area (Å²) in [6, 6.07) is 24.3. The summed E-state index contributed by atoms with van der Waals surface area (Å²) in [5.74, 6) is 2.46. The highest BCUT2D eigenvalue weighted by atomic mass is 32.2. The third-order valence-corrected chi connectivity index (χ3v) is 21.6. The molecule has 2 aliphatic carbocycles. The summed E-state index contributed by atoms with van der Waals surface area (Å²) < 4.78 is 62.1. The fourth-order valence-corrected chi connectivity index (χ4v) is 16.4. The van der Waals surface area contributed by atoms with Gasteiger partial charge in [0.25, 0.3) is 21.6 Å². The number of sulfonamides is 1. The number of ether oxygens (including phenoxy) is 5. The Morgan fingerprint density at radius 3 is 2.47 bits per heavy atom. The minimum Gasteiger partial charge on any atom is -0.493 e. The van der Waals surface area contributed by atoms with Crippen molar-refractivity contribution in [2.75, 3.05) is 105 Å². The zero-order valence-corrected chi connectivity index (χ0v) is 51.8. The molecule has 4 saturated heterocycles. The van der Waals surface area contributed by atoms with Gasteiger partial charge in [0.05, 0.1) is 71.3 Å². The molecule has 4 atom stereocenters. The van der Waals surface area contributed by atoms with E-state index in [1.54, 1.807) is 6.07 Å². The number of benzene rings is 3. The number of aliphatic hydroxyl groups is 1. The number of amides is 1. The second-order valence-corrected chi connectivity index (χ2v) is 28.1. The molecule has 0 bridgehead atoms. The van der Waals surface area contributed by atoms with Gasteiger partial charge in [0.15, 0.2) is 0 Å². The smallest absolute Gasteiger partial charge is 0.293 e. The molecule has 6 aromatic rings. The van der Waals surface area contributed by atoms with Gasteiger partial charge in [0.2, 0.25) is 5.88 Å². The van der Waals surface area contributed by atoms with Crippen LogP contribution in [0, 0.1) is 21.4 Å². The van der Waals surface area contributed by atoms with E-state index in [0.29, 0.717) is 81.2 Å². The number of piperidine rings is 1. The van der Waals surface area contributed by atoms with Crippen LogP contribution in [-0.2, 0) is 19.5 Å². The van der Waals surface area contributed by atoms with E-state index in [1.165, 1.54) is 17.7 Å². The molecule has 3 aromatic carbocycles. The molecule has 6 aliphatic heterocycles. The summed E-state index contributed by atoms with van der Waals surface area (Å²) in [5, 5.41) is 26.9. The van der Waals surface area contributed by atoms with E-state index in [0.717, 1.165) is 131 Å². The average molecular weight is 1240 g/mol. The number of anilines is 5. The Morgan fingerprint density at radius 1 is 0.865 bits per heavy atom. The van der Waals surface area contributed by atoms with Crippen LogP contribution in [-0.4, -0.2) is 164 Å². The highest BCUT2D eigenvalue weighted by molar-refractivity contribution is 7.90. The van der Waals surface area contributed by atoms with E-state index >= 15 is 0 Å². The number of hydrogen-bond acceptors (Lipinski definition) is 19. The summed E-state index contributed by atoms with van der Waals surface area (Å²) in [7, 11) is -4.66.